The molecular weight excluding hydrogens is 301 g/mol. The zero-order chi connectivity index (χ0) is 13.7. The standard InChI is InChI=1S/C14H13Cl2NOS/c15-10-1-4-12(5-2-10)18-7-8-19-14-9-11(16)3-6-13(14)17/h1-6,9H,7-8,17H2. The minimum absolute atomic E-state index is 0.595. The third-order valence-corrected chi connectivity index (χ3v) is 3.92. The van der Waals surface area contributed by atoms with Crippen LogP contribution in [-0.4, -0.2) is 12.4 Å². The van der Waals surface area contributed by atoms with Crippen molar-refractivity contribution in [2.75, 3.05) is 18.1 Å². The fourth-order valence-electron chi connectivity index (χ4n) is 1.48. The molecule has 0 aliphatic carbocycles. The Morgan fingerprint density at radius 2 is 1.68 bits per heavy atom. The summed E-state index contributed by atoms with van der Waals surface area (Å²) in [7, 11) is 0. The monoisotopic (exact) mass is 313 g/mol. The number of hydrogen-bond acceptors (Lipinski definition) is 3. The maximum atomic E-state index is 5.93. The molecule has 0 unspecified atom stereocenters. The second-order valence-corrected chi connectivity index (χ2v) is 5.84. The Balaban J connectivity index is 1.80. The molecule has 2 rings (SSSR count). The lowest BCUT2D eigenvalue weighted by atomic mass is 10.3. The predicted molar refractivity (Wildman–Crippen MR) is 83.5 cm³/mol. The lowest BCUT2D eigenvalue weighted by Gasteiger charge is -2.08. The zero-order valence-electron chi connectivity index (χ0n) is 10.1. The SMILES string of the molecule is Nc1ccc(Cl)cc1SCCOc1ccc(Cl)cc1. The van der Waals surface area contributed by atoms with Crippen molar-refractivity contribution in [1.29, 1.82) is 0 Å². The number of benzene rings is 2. The molecule has 2 aromatic carbocycles. The van der Waals surface area contributed by atoms with Crippen LogP contribution in [0.1, 0.15) is 0 Å². The van der Waals surface area contributed by atoms with Gasteiger partial charge in [0.2, 0.25) is 0 Å². The van der Waals surface area contributed by atoms with Gasteiger partial charge in [-0.15, -0.1) is 11.8 Å². The van der Waals surface area contributed by atoms with E-state index >= 15 is 0 Å². The number of hydrogen-bond donors (Lipinski definition) is 1. The number of nitrogens with two attached hydrogens (primary N) is 1. The van der Waals surface area contributed by atoms with Gasteiger partial charge in [0.25, 0.3) is 0 Å². The Bertz CT molecular complexity index is 546. The molecule has 0 aliphatic rings. The van der Waals surface area contributed by atoms with Crippen molar-refractivity contribution in [3.8, 4) is 5.75 Å². The average molecular weight is 314 g/mol. The fourth-order valence-corrected chi connectivity index (χ4v) is 2.67. The summed E-state index contributed by atoms with van der Waals surface area (Å²) >= 11 is 13.3. The fraction of sp³-hybridized carbons (Fsp3) is 0.143. The molecular formula is C14H13Cl2NOS. The van der Waals surface area contributed by atoms with Crippen molar-refractivity contribution in [1.82, 2.24) is 0 Å². The van der Waals surface area contributed by atoms with E-state index in [0.717, 1.165) is 22.1 Å². The van der Waals surface area contributed by atoms with Crippen LogP contribution in [0.25, 0.3) is 0 Å². The van der Waals surface area contributed by atoms with Crippen LogP contribution >= 0.6 is 35.0 Å². The molecule has 0 atom stereocenters. The van der Waals surface area contributed by atoms with E-state index in [-0.39, 0.29) is 0 Å². The van der Waals surface area contributed by atoms with Crippen molar-refractivity contribution in [2.24, 2.45) is 0 Å². The molecule has 0 saturated heterocycles. The van der Waals surface area contributed by atoms with Crippen molar-refractivity contribution in [3.05, 3.63) is 52.5 Å². The van der Waals surface area contributed by atoms with E-state index in [1.807, 2.05) is 24.3 Å². The van der Waals surface area contributed by atoms with E-state index in [1.165, 1.54) is 0 Å². The normalized spacial score (nSPS) is 10.4. The van der Waals surface area contributed by atoms with Crippen molar-refractivity contribution >= 4 is 40.7 Å². The van der Waals surface area contributed by atoms with Crippen molar-refractivity contribution in [2.45, 2.75) is 4.90 Å². The van der Waals surface area contributed by atoms with Crippen LogP contribution in [0.2, 0.25) is 10.0 Å². The zero-order valence-corrected chi connectivity index (χ0v) is 12.4. The largest absolute Gasteiger partial charge is 0.493 e. The van der Waals surface area contributed by atoms with Crippen LogP contribution in [0.5, 0.6) is 5.75 Å². The van der Waals surface area contributed by atoms with Gasteiger partial charge in [0.05, 0.1) is 6.61 Å². The second kappa shape index (κ2) is 6.94. The van der Waals surface area contributed by atoms with Crippen LogP contribution in [0, 0.1) is 0 Å². The molecule has 0 radical (unpaired) electrons. The first-order valence-corrected chi connectivity index (χ1v) is 7.45. The van der Waals surface area contributed by atoms with Crippen LogP contribution < -0.4 is 10.5 Å². The van der Waals surface area contributed by atoms with Gasteiger partial charge in [0, 0.05) is 26.4 Å². The van der Waals surface area contributed by atoms with Crippen molar-refractivity contribution < 1.29 is 4.74 Å². The number of nitrogen functional groups attached to an aromatic ring is 1. The van der Waals surface area contributed by atoms with E-state index in [0.29, 0.717) is 16.7 Å². The Morgan fingerprint density at radius 3 is 2.42 bits per heavy atom. The number of ether oxygens (including phenoxy) is 1. The van der Waals surface area contributed by atoms with Crippen LogP contribution in [0.4, 0.5) is 5.69 Å². The van der Waals surface area contributed by atoms with Gasteiger partial charge in [-0.2, -0.15) is 0 Å². The Morgan fingerprint density at radius 1 is 1.00 bits per heavy atom. The highest BCUT2D eigenvalue weighted by atomic mass is 35.5. The molecule has 100 valence electrons. The summed E-state index contributed by atoms with van der Waals surface area (Å²) in [5, 5.41) is 1.39. The third-order valence-electron chi connectivity index (χ3n) is 2.40. The Hall–Kier alpha value is -1.03. The first-order valence-electron chi connectivity index (χ1n) is 5.71. The van der Waals surface area contributed by atoms with E-state index < -0.39 is 0 Å². The van der Waals surface area contributed by atoms with Gasteiger partial charge in [0.1, 0.15) is 5.75 Å². The van der Waals surface area contributed by atoms with Gasteiger partial charge in [0.15, 0.2) is 0 Å². The summed E-state index contributed by atoms with van der Waals surface area (Å²) in [5.41, 5.74) is 6.60. The van der Waals surface area contributed by atoms with Gasteiger partial charge in [-0.25, -0.2) is 0 Å². The van der Waals surface area contributed by atoms with E-state index in [2.05, 4.69) is 0 Å². The minimum atomic E-state index is 0.595. The number of thioether (sulfide) groups is 1. The number of anilines is 1. The van der Waals surface area contributed by atoms with Gasteiger partial charge in [-0.3, -0.25) is 0 Å². The average Bonchev–Trinajstić information content (AvgIpc) is 2.40. The first kappa shape index (κ1) is 14.4. The van der Waals surface area contributed by atoms with Crippen LogP contribution in [0.3, 0.4) is 0 Å². The van der Waals surface area contributed by atoms with Gasteiger partial charge in [-0.05, 0) is 42.5 Å². The molecule has 2 nitrogen and oxygen atoms in total. The second-order valence-electron chi connectivity index (χ2n) is 3.83. The van der Waals surface area contributed by atoms with E-state index in [4.69, 9.17) is 33.7 Å². The highest BCUT2D eigenvalue weighted by molar-refractivity contribution is 7.99. The molecule has 0 fully saturated rings. The molecule has 0 heterocycles. The summed E-state index contributed by atoms with van der Waals surface area (Å²) in [6.07, 6.45) is 0. The predicted octanol–water partition coefficient (Wildman–Crippen LogP) is 4.75. The molecule has 0 aliphatic heterocycles. The summed E-state index contributed by atoms with van der Waals surface area (Å²) in [5.74, 6) is 1.61. The third kappa shape index (κ3) is 4.53. The Kier molecular flexibility index (Phi) is 5.25. The molecule has 19 heavy (non-hydrogen) atoms. The molecule has 5 heteroatoms. The van der Waals surface area contributed by atoms with E-state index in [1.54, 1.807) is 30.0 Å². The first-order chi connectivity index (χ1) is 9.15. The summed E-state index contributed by atoms with van der Waals surface area (Å²) < 4.78 is 5.60. The highest BCUT2D eigenvalue weighted by Gasteiger charge is 2.01. The molecule has 0 spiro atoms. The summed E-state index contributed by atoms with van der Waals surface area (Å²) in [4.78, 5) is 0.979. The minimum Gasteiger partial charge on any atom is -0.493 e. The summed E-state index contributed by atoms with van der Waals surface area (Å²) in [6.45, 7) is 0.595. The maximum absolute atomic E-state index is 5.93. The van der Waals surface area contributed by atoms with Crippen molar-refractivity contribution in [3.63, 3.8) is 0 Å². The number of rotatable bonds is 5. The molecule has 0 aromatic heterocycles. The molecule has 0 bridgehead atoms. The van der Waals surface area contributed by atoms with Gasteiger partial charge in [-0.1, -0.05) is 23.2 Å². The lowest BCUT2D eigenvalue weighted by molar-refractivity contribution is 0.344. The van der Waals surface area contributed by atoms with Crippen LogP contribution in [0.15, 0.2) is 47.4 Å². The number of halogens is 2. The molecule has 2 aromatic rings. The molecule has 2 N–H and O–H groups in total. The lowest BCUT2D eigenvalue weighted by Crippen LogP contribution is -2.00. The highest BCUT2D eigenvalue weighted by Crippen LogP contribution is 2.28. The smallest absolute Gasteiger partial charge is 0.119 e. The Labute approximate surface area is 126 Å². The van der Waals surface area contributed by atoms with Gasteiger partial charge < -0.3 is 10.5 Å². The topological polar surface area (TPSA) is 35.2 Å². The van der Waals surface area contributed by atoms with Gasteiger partial charge >= 0.3 is 0 Å². The van der Waals surface area contributed by atoms with Crippen LogP contribution in [-0.2, 0) is 0 Å². The summed E-state index contributed by atoms with van der Waals surface area (Å²) in [6, 6.07) is 12.8. The van der Waals surface area contributed by atoms with E-state index in [9.17, 15) is 0 Å². The quantitative estimate of drug-likeness (QED) is 0.491. The maximum Gasteiger partial charge on any atom is 0.119 e. The molecule has 0 amide bonds. The molecule has 0 saturated carbocycles.